The fourth-order valence-corrected chi connectivity index (χ4v) is 4.59. The smallest absolute Gasteiger partial charge is 0.224 e. The zero-order valence-electron chi connectivity index (χ0n) is 17.6. The Balaban J connectivity index is 1.36. The third-order valence-corrected chi connectivity index (χ3v) is 6.11. The number of fused-ring (bicyclic) bond motifs is 1. The van der Waals surface area contributed by atoms with E-state index in [2.05, 4.69) is 52.8 Å². The number of amides is 1. The van der Waals surface area contributed by atoms with Gasteiger partial charge in [-0.1, -0.05) is 60.7 Å². The molecule has 0 aliphatic rings. The lowest BCUT2D eigenvalue weighted by molar-refractivity contribution is -0.120. The summed E-state index contributed by atoms with van der Waals surface area (Å²) in [6.07, 6.45) is 0.374. The van der Waals surface area contributed by atoms with Gasteiger partial charge >= 0.3 is 0 Å². The average molecular weight is 431 g/mol. The highest BCUT2D eigenvalue weighted by molar-refractivity contribution is 7.99. The SMILES string of the molecule is CCOc1ccc(CC(=O)NCCSc2c(-c3ccccc3)[nH]c3ccccc23)cc1. The number of aromatic amines is 1. The van der Waals surface area contributed by atoms with Gasteiger partial charge in [-0.15, -0.1) is 11.8 Å². The first-order valence-electron chi connectivity index (χ1n) is 10.5. The molecular formula is C26H26N2O2S. The number of nitrogens with one attached hydrogen (secondary N) is 2. The van der Waals surface area contributed by atoms with Crippen molar-refractivity contribution in [3.8, 4) is 17.0 Å². The van der Waals surface area contributed by atoms with Crippen molar-refractivity contribution in [3.05, 3.63) is 84.4 Å². The highest BCUT2D eigenvalue weighted by atomic mass is 32.2. The van der Waals surface area contributed by atoms with E-state index in [9.17, 15) is 4.79 Å². The van der Waals surface area contributed by atoms with Crippen LogP contribution in [0.3, 0.4) is 0 Å². The summed E-state index contributed by atoms with van der Waals surface area (Å²) in [6, 6.07) is 26.4. The molecule has 4 nitrogen and oxygen atoms in total. The maximum absolute atomic E-state index is 12.3. The molecule has 158 valence electrons. The van der Waals surface area contributed by atoms with Crippen LogP contribution in [-0.4, -0.2) is 29.8 Å². The van der Waals surface area contributed by atoms with Gasteiger partial charge in [0.25, 0.3) is 0 Å². The van der Waals surface area contributed by atoms with Crippen molar-refractivity contribution in [3.63, 3.8) is 0 Å². The number of para-hydroxylation sites is 1. The summed E-state index contributed by atoms with van der Waals surface area (Å²) in [7, 11) is 0. The maximum Gasteiger partial charge on any atom is 0.224 e. The summed E-state index contributed by atoms with van der Waals surface area (Å²) in [4.78, 5) is 17.1. The molecule has 0 atom stereocenters. The lowest BCUT2D eigenvalue weighted by atomic mass is 10.1. The van der Waals surface area contributed by atoms with Crippen molar-refractivity contribution < 1.29 is 9.53 Å². The number of thioether (sulfide) groups is 1. The summed E-state index contributed by atoms with van der Waals surface area (Å²) < 4.78 is 5.45. The second-order valence-corrected chi connectivity index (χ2v) is 8.30. The molecule has 0 saturated heterocycles. The first kappa shape index (κ1) is 21.1. The van der Waals surface area contributed by atoms with Crippen molar-refractivity contribution in [2.45, 2.75) is 18.2 Å². The van der Waals surface area contributed by atoms with Gasteiger partial charge in [0.05, 0.1) is 18.7 Å². The van der Waals surface area contributed by atoms with Crippen LogP contribution in [0.4, 0.5) is 0 Å². The van der Waals surface area contributed by atoms with Gasteiger partial charge in [-0.25, -0.2) is 0 Å². The van der Waals surface area contributed by atoms with Crippen LogP contribution in [0.25, 0.3) is 22.2 Å². The van der Waals surface area contributed by atoms with E-state index in [-0.39, 0.29) is 5.91 Å². The summed E-state index contributed by atoms with van der Waals surface area (Å²) in [5, 5.41) is 4.25. The van der Waals surface area contributed by atoms with Crippen molar-refractivity contribution in [1.82, 2.24) is 10.3 Å². The molecule has 1 aromatic heterocycles. The zero-order chi connectivity index (χ0) is 21.5. The molecule has 0 aliphatic carbocycles. The standard InChI is InChI=1S/C26H26N2O2S/c1-2-30-21-14-12-19(13-15-21)18-24(29)27-16-17-31-26-22-10-6-7-11-23(22)28-25(26)20-8-4-3-5-9-20/h3-15,28H,2,16-18H2,1H3,(H,27,29). The van der Waals surface area contributed by atoms with Gasteiger partial charge in [0.1, 0.15) is 5.75 Å². The molecular weight excluding hydrogens is 404 g/mol. The molecule has 1 heterocycles. The first-order valence-corrected chi connectivity index (χ1v) is 11.5. The maximum atomic E-state index is 12.3. The fourth-order valence-electron chi connectivity index (χ4n) is 3.54. The van der Waals surface area contributed by atoms with Crippen LogP contribution in [-0.2, 0) is 11.2 Å². The number of aromatic nitrogens is 1. The highest BCUT2D eigenvalue weighted by Crippen LogP contribution is 2.37. The van der Waals surface area contributed by atoms with E-state index in [0.717, 1.165) is 28.3 Å². The molecule has 3 aromatic carbocycles. The Labute approximate surface area is 187 Å². The monoisotopic (exact) mass is 430 g/mol. The minimum Gasteiger partial charge on any atom is -0.494 e. The van der Waals surface area contributed by atoms with Gasteiger partial charge in [-0.2, -0.15) is 0 Å². The van der Waals surface area contributed by atoms with Crippen LogP contribution in [0, 0.1) is 0 Å². The lowest BCUT2D eigenvalue weighted by Gasteiger charge is -2.08. The van der Waals surface area contributed by atoms with Crippen molar-refractivity contribution >= 4 is 28.6 Å². The third-order valence-electron chi connectivity index (χ3n) is 4.99. The second-order valence-electron chi connectivity index (χ2n) is 7.19. The van der Waals surface area contributed by atoms with Gasteiger partial charge in [-0.05, 0) is 36.2 Å². The quantitative estimate of drug-likeness (QED) is 0.265. The molecule has 4 aromatic rings. The lowest BCUT2D eigenvalue weighted by Crippen LogP contribution is -2.27. The number of rotatable bonds is 9. The number of carbonyl (C=O) groups is 1. The van der Waals surface area contributed by atoms with Gasteiger partial charge in [0.15, 0.2) is 0 Å². The van der Waals surface area contributed by atoms with Crippen LogP contribution in [0.15, 0.2) is 83.8 Å². The minimum absolute atomic E-state index is 0.0342. The van der Waals surface area contributed by atoms with E-state index in [0.29, 0.717) is 19.6 Å². The Hall–Kier alpha value is -3.18. The van der Waals surface area contributed by atoms with E-state index in [4.69, 9.17) is 4.74 Å². The van der Waals surface area contributed by atoms with Crippen LogP contribution >= 0.6 is 11.8 Å². The molecule has 2 N–H and O–H groups in total. The molecule has 0 bridgehead atoms. The topological polar surface area (TPSA) is 54.1 Å². The van der Waals surface area contributed by atoms with Crippen LogP contribution in [0.1, 0.15) is 12.5 Å². The number of hydrogen-bond donors (Lipinski definition) is 2. The second kappa shape index (κ2) is 10.2. The Morgan fingerprint density at radius 3 is 2.48 bits per heavy atom. The minimum atomic E-state index is 0.0342. The molecule has 0 fully saturated rings. The molecule has 0 radical (unpaired) electrons. The van der Waals surface area contributed by atoms with Gasteiger partial charge in [0.2, 0.25) is 5.91 Å². The predicted molar refractivity (Wildman–Crippen MR) is 129 cm³/mol. The summed E-state index contributed by atoms with van der Waals surface area (Å²) in [5.74, 6) is 1.67. The van der Waals surface area contributed by atoms with E-state index >= 15 is 0 Å². The first-order chi connectivity index (χ1) is 15.2. The van der Waals surface area contributed by atoms with Crippen molar-refractivity contribution in [1.29, 1.82) is 0 Å². The molecule has 5 heteroatoms. The largest absolute Gasteiger partial charge is 0.494 e. The Bertz CT molecular complexity index is 1140. The molecule has 0 spiro atoms. The third kappa shape index (κ3) is 5.30. The van der Waals surface area contributed by atoms with Crippen LogP contribution in [0.5, 0.6) is 5.75 Å². The summed E-state index contributed by atoms with van der Waals surface area (Å²) in [5.41, 5.74) is 4.41. The van der Waals surface area contributed by atoms with E-state index < -0.39 is 0 Å². The van der Waals surface area contributed by atoms with E-state index in [1.54, 1.807) is 11.8 Å². The average Bonchev–Trinajstić information content (AvgIpc) is 3.17. The number of hydrogen-bond acceptors (Lipinski definition) is 3. The fraction of sp³-hybridized carbons (Fsp3) is 0.192. The molecule has 0 unspecified atom stereocenters. The molecule has 31 heavy (non-hydrogen) atoms. The molecule has 0 aliphatic heterocycles. The van der Waals surface area contributed by atoms with E-state index in [1.165, 1.54) is 15.8 Å². The van der Waals surface area contributed by atoms with Crippen LogP contribution in [0.2, 0.25) is 0 Å². The van der Waals surface area contributed by atoms with Crippen LogP contribution < -0.4 is 10.1 Å². The number of H-pyrrole nitrogens is 1. The van der Waals surface area contributed by atoms with Crippen molar-refractivity contribution in [2.75, 3.05) is 18.9 Å². The Morgan fingerprint density at radius 2 is 1.71 bits per heavy atom. The Morgan fingerprint density at radius 1 is 0.968 bits per heavy atom. The highest BCUT2D eigenvalue weighted by Gasteiger charge is 2.13. The van der Waals surface area contributed by atoms with Crippen molar-refractivity contribution in [2.24, 2.45) is 0 Å². The Kier molecular flexibility index (Phi) is 6.95. The number of carbonyl (C=O) groups excluding carboxylic acids is 1. The zero-order valence-corrected chi connectivity index (χ0v) is 18.4. The summed E-state index contributed by atoms with van der Waals surface area (Å²) in [6.45, 7) is 3.21. The van der Waals surface area contributed by atoms with E-state index in [1.807, 2.05) is 43.3 Å². The number of benzene rings is 3. The van der Waals surface area contributed by atoms with Gasteiger partial charge < -0.3 is 15.0 Å². The number of ether oxygens (including phenoxy) is 1. The molecule has 0 saturated carbocycles. The summed E-state index contributed by atoms with van der Waals surface area (Å²) >= 11 is 1.77. The van der Waals surface area contributed by atoms with Gasteiger partial charge in [0, 0.05) is 28.1 Å². The normalized spacial score (nSPS) is 10.9. The molecule has 1 amide bonds. The van der Waals surface area contributed by atoms with Gasteiger partial charge in [-0.3, -0.25) is 4.79 Å². The molecule has 4 rings (SSSR count). The predicted octanol–water partition coefficient (Wildman–Crippen LogP) is 5.68.